The lowest BCUT2D eigenvalue weighted by atomic mass is 9.82. The maximum atomic E-state index is 11.2. The van der Waals surface area contributed by atoms with E-state index in [0.717, 1.165) is 36.9 Å². The topological polar surface area (TPSA) is 72.2 Å². The summed E-state index contributed by atoms with van der Waals surface area (Å²) in [5, 5.41) is 8.61. The van der Waals surface area contributed by atoms with E-state index in [1.807, 2.05) is 12.1 Å². The third kappa shape index (κ3) is 5.41. The van der Waals surface area contributed by atoms with Gasteiger partial charge >= 0.3 is 0 Å². The van der Waals surface area contributed by atoms with Gasteiger partial charge in [0, 0.05) is 0 Å². The van der Waals surface area contributed by atoms with Crippen LogP contribution in [0.5, 0.6) is 0 Å². The summed E-state index contributed by atoms with van der Waals surface area (Å²) in [5.74, 6) is 1.69. The first-order valence-corrected chi connectivity index (χ1v) is 9.32. The molecule has 0 saturated heterocycles. The molecule has 1 aromatic carbocycles. The van der Waals surface area contributed by atoms with Crippen molar-refractivity contribution in [3.63, 3.8) is 0 Å². The molecule has 2 rings (SSSR count). The zero-order chi connectivity index (χ0) is 15.3. The Bertz CT molecular complexity index is 540. The summed E-state index contributed by atoms with van der Waals surface area (Å²) in [5.41, 5.74) is 1.13. The van der Waals surface area contributed by atoms with Crippen LogP contribution in [0.25, 0.3) is 0 Å². The minimum Gasteiger partial charge on any atom is -0.316 e. The summed E-state index contributed by atoms with van der Waals surface area (Å²) in [4.78, 5) is 0.176. The van der Waals surface area contributed by atoms with Gasteiger partial charge in [0.1, 0.15) is 0 Å². The molecule has 4 nitrogen and oxygen atoms in total. The molecule has 21 heavy (non-hydrogen) atoms. The van der Waals surface area contributed by atoms with Crippen molar-refractivity contribution in [2.24, 2.45) is 17.0 Å². The number of benzene rings is 1. The van der Waals surface area contributed by atoms with Crippen LogP contribution in [0.2, 0.25) is 0 Å². The van der Waals surface area contributed by atoms with Gasteiger partial charge in [0.05, 0.1) is 4.90 Å². The van der Waals surface area contributed by atoms with Gasteiger partial charge in [-0.15, -0.1) is 0 Å². The normalized spacial score (nSPS) is 23.1. The molecule has 118 valence electrons. The van der Waals surface area contributed by atoms with Crippen molar-refractivity contribution in [2.45, 2.75) is 43.9 Å². The fourth-order valence-corrected chi connectivity index (χ4v) is 3.65. The van der Waals surface area contributed by atoms with Crippen molar-refractivity contribution in [1.29, 1.82) is 0 Å². The maximum absolute atomic E-state index is 11.2. The molecule has 5 heteroatoms. The first kappa shape index (κ1) is 16.5. The summed E-state index contributed by atoms with van der Waals surface area (Å²) in [7, 11) is -3.58. The molecule has 3 N–H and O–H groups in total. The first-order chi connectivity index (χ1) is 9.95. The summed E-state index contributed by atoms with van der Waals surface area (Å²) in [6, 6.07) is 6.83. The average molecular weight is 310 g/mol. The molecule has 1 saturated carbocycles. The smallest absolute Gasteiger partial charge is 0.238 e. The van der Waals surface area contributed by atoms with Crippen LogP contribution in [-0.2, 0) is 16.4 Å². The van der Waals surface area contributed by atoms with Crippen LogP contribution in [0, 0.1) is 11.8 Å². The molecule has 0 spiro atoms. The van der Waals surface area contributed by atoms with Gasteiger partial charge in [-0.25, -0.2) is 13.6 Å². The Morgan fingerprint density at radius 1 is 1.24 bits per heavy atom. The van der Waals surface area contributed by atoms with Crippen LogP contribution in [0.3, 0.4) is 0 Å². The molecule has 0 bridgehead atoms. The summed E-state index contributed by atoms with van der Waals surface area (Å²) >= 11 is 0. The lowest BCUT2D eigenvalue weighted by molar-refractivity contribution is 0.275. The van der Waals surface area contributed by atoms with Crippen molar-refractivity contribution >= 4 is 10.0 Å². The van der Waals surface area contributed by atoms with Crippen molar-refractivity contribution in [3.05, 3.63) is 29.8 Å². The second-order valence-corrected chi connectivity index (χ2v) is 7.84. The number of hydrogen-bond acceptors (Lipinski definition) is 3. The fraction of sp³-hybridized carbons (Fsp3) is 0.625. The van der Waals surface area contributed by atoms with Gasteiger partial charge in [0.25, 0.3) is 0 Å². The van der Waals surface area contributed by atoms with E-state index < -0.39 is 10.0 Å². The van der Waals surface area contributed by atoms with Crippen molar-refractivity contribution in [3.8, 4) is 0 Å². The second-order valence-electron chi connectivity index (χ2n) is 6.28. The third-order valence-electron chi connectivity index (χ3n) is 4.32. The van der Waals surface area contributed by atoms with E-state index in [2.05, 4.69) is 12.2 Å². The predicted molar refractivity (Wildman–Crippen MR) is 85.5 cm³/mol. The van der Waals surface area contributed by atoms with Crippen molar-refractivity contribution in [2.75, 3.05) is 13.1 Å². The van der Waals surface area contributed by atoms with Gasteiger partial charge in [-0.05, 0) is 61.9 Å². The number of hydrogen-bond donors (Lipinski definition) is 2. The zero-order valence-corrected chi connectivity index (χ0v) is 13.5. The largest absolute Gasteiger partial charge is 0.316 e. The van der Waals surface area contributed by atoms with Crippen LogP contribution in [0.15, 0.2) is 29.2 Å². The highest BCUT2D eigenvalue weighted by molar-refractivity contribution is 7.89. The van der Waals surface area contributed by atoms with E-state index in [9.17, 15) is 8.42 Å². The Labute approximate surface area is 128 Å². The average Bonchev–Trinajstić information content (AvgIpc) is 2.43. The molecule has 0 heterocycles. The van der Waals surface area contributed by atoms with E-state index in [1.54, 1.807) is 12.1 Å². The molecule has 0 radical (unpaired) electrons. The van der Waals surface area contributed by atoms with Gasteiger partial charge in [0.15, 0.2) is 0 Å². The lowest BCUT2D eigenvalue weighted by Crippen LogP contribution is -2.28. The number of rotatable bonds is 6. The summed E-state index contributed by atoms with van der Waals surface area (Å²) in [6.07, 6.45) is 6.35. The Balaban J connectivity index is 1.71. The van der Waals surface area contributed by atoms with Crippen LogP contribution >= 0.6 is 0 Å². The fourth-order valence-electron chi connectivity index (χ4n) is 3.13. The monoisotopic (exact) mass is 310 g/mol. The zero-order valence-electron chi connectivity index (χ0n) is 12.7. The number of primary sulfonamides is 1. The quantitative estimate of drug-likeness (QED) is 0.792. The highest BCUT2D eigenvalue weighted by Gasteiger charge is 2.18. The van der Waals surface area contributed by atoms with Gasteiger partial charge in [0.2, 0.25) is 10.0 Å². The van der Waals surface area contributed by atoms with E-state index >= 15 is 0 Å². The minimum absolute atomic E-state index is 0.176. The van der Waals surface area contributed by atoms with Gasteiger partial charge in [-0.1, -0.05) is 31.9 Å². The molecular weight excluding hydrogens is 284 g/mol. The van der Waals surface area contributed by atoms with E-state index in [0.29, 0.717) is 0 Å². The molecule has 2 unspecified atom stereocenters. The Hall–Kier alpha value is -0.910. The molecule has 1 aliphatic rings. The number of nitrogens with one attached hydrogen (secondary N) is 1. The highest BCUT2D eigenvalue weighted by Crippen LogP contribution is 2.27. The SMILES string of the molecule is CC1CCCC(CNCCc2ccc(S(N)(=O)=O)cc2)C1. The molecule has 0 amide bonds. The summed E-state index contributed by atoms with van der Waals surface area (Å²) < 4.78 is 22.3. The minimum atomic E-state index is -3.58. The van der Waals surface area contributed by atoms with Gasteiger partial charge < -0.3 is 5.32 Å². The molecule has 1 aliphatic carbocycles. The predicted octanol–water partition coefficient (Wildman–Crippen LogP) is 2.29. The Morgan fingerprint density at radius 2 is 1.95 bits per heavy atom. The van der Waals surface area contributed by atoms with Gasteiger partial charge in [-0.3, -0.25) is 0 Å². The Morgan fingerprint density at radius 3 is 2.57 bits per heavy atom. The molecule has 2 atom stereocenters. The van der Waals surface area contributed by atoms with Crippen molar-refractivity contribution < 1.29 is 8.42 Å². The van der Waals surface area contributed by atoms with Crippen LogP contribution in [-0.4, -0.2) is 21.5 Å². The number of nitrogens with two attached hydrogens (primary N) is 1. The standard InChI is InChI=1S/C16H26N2O2S/c1-13-3-2-4-15(11-13)12-18-10-9-14-5-7-16(8-6-14)21(17,19)20/h5-8,13,15,18H,2-4,9-12H2,1H3,(H2,17,19,20). The summed E-state index contributed by atoms with van der Waals surface area (Å²) in [6.45, 7) is 4.37. The van der Waals surface area contributed by atoms with E-state index in [-0.39, 0.29) is 4.90 Å². The van der Waals surface area contributed by atoms with Gasteiger partial charge in [-0.2, -0.15) is 0 Å². The Kier molecular flexibility index (Phi) is 5.79. The maximum Gasteiger partial charge on any atom is 0.238 e. The molecule has 1 aromatic rings. The van der Waals surface area contributed by atoms with E-state index in [1.165, 1.54) is 25.7 Å². The van der Waals surface area contributed by atoms with Crippen LogP contribution in [0.4, 0.5) is 0 Å². The molecular formula is C16H26N2O2S. The molecule has 1 fully saturated rings. The van der Waals surface area contributed by atoms with Crippen LogP contribution in [0.1, 0.15) is 38.2 Å². The third-order valence-corrected chi connectivity index (χ3v) is 5.25. The van der Waals surface area contributed by atoms with Crippen molar-refractivity contribution in [1.82, 2.24) is 5.32 Å². The second kappa shape index (κ2) is 7.38. The molecule has 0 aliphatic heterocycles. The first-order valence-electron chi connectivity index (χ1n) is 7.77. The van der Waals surface area contributed by atoms with Crippen LogP contribution < -0.4 is 10.5 Å². The van der Waals surface area contributed by atoms with E-state index in [4.69, 9.17) is 5.14 Å². The highest BCUT2D eigenvalue weighted by atomic mass is 32.2. The lowest BCUT2D eigenvalue weighted by Gasteiger charge is -2.26. The number of sulfonamides is 1. The molecule has 0 aromatic heterocycles.